The third kappa shape index (κ3) is 3.87. The number of carbonyl (C=O) groups excluding carboxylic acids is 1. The zero-order chi connectivity index (χ0) is 18.6. The van der Waals surface area contributed by atoms with Gasteiger partial charge in [0.2, 0.25) is 5.91 Å². The average Bonchev–Trinajstić information content (AvgIpc) is 3.12. The fourth-order valence-electron chi connectivity index (χ4n) is 3.79. The third-order valence-corrected chi connectivity index (χ3v) is 5.14. The molecule has 1 saturated carbocycles. The van der Waals surface area contributed by atoms with Crippen molar-refractivity contribution in [2.45, 2.75) is 37.5 Å². The smallest absolute Gasteiger partial charge is 0.230 e. The Morgan fingerprint density at radius 3 is 2.46 bits per heavy atom. The second kappa shape index (κ2) is 7.85. The van der Waals surface area contributed by atoms with Crippen LogP contribution in [-0.4, -0.2) is 19.6 Å². The number of carbonyl (C=O) groups is 1. The minimum atomic E-state index is -0.602. The minimum absolute atomic E-state index is 0.0277. The Labute approximate surface area is 152 Å². The Kier molecular flexibility index (Phi) is 5.55. The lowest BCUT2D eigenvalue weighted by atomic mass is 9.78. The van der Waals surface area contributed by atoms with E-state index in [0.29, 0.717) is 18.5 Å². The highest BCUT2D eigenvalue weighted by atomic mass is 19.1. The maximum absolute atomic E-state index is 13.3. The van der Waals surface area contributed by atoms with Crippen LogP contribution in [0.4, 0.5) is 8.78 Å². The summed E-state index contributed by atoms with van der Waals surface area (Å²) in [6.45, 7) is 0.341. The molecule has 0 spiro atoms. The molecule has 2 aromatic rings. The van der Waals surface area contributed by atoms with Gasteiger partial charge in [0.15, 0.2) is 0 Å². The van der Waals surface area contributed by atoms with E-state index in [1.807, 2.05) is 24.3 Å². The van der Waals surface area contributed by atoms with Gasteiger partial charge in [-0.2, -0.15) is 0 Å². The number of hydrogen-bond acceptors (Lipinski definition) is 2. The minimum Gasteiger partial charge on any atom is -0.497 e. The van der Waals surface area contributed by atoms with Crippen molar-refractivity contribution in [3.8, 4) is 5.75 Å². The number of halogens is 2. The van der Waals surface area contributed by atoms with Crippen LogP contribution in [0.2, 0.25) is 0 Å². The van der Waals surface area contributed by atoms with Gasteiger partial charge in [-0.05, 0) is 54.7 Å². The SMILES string of the molecule is COc1cccc(C2(C(=O)NCCc3cc(F)cc(F)c3)CCCC2)c1. The zero-order valence-corrected chi connectivity index (χ0v) is 14.9. The van der Waals surface area contributed by atoms with Crippen molar-refractivity contribution >= 4 is 5.91 Å². The van der Waals surface area contributed by atoms with E-state index < -0.39 is 17.0 Å². The molecule has 1 aliphatic carbocycles. The first-order valence-corrected chi connectivity index (χ1v) is 8.91. The van der Waals surface area contributed by atoms with E-state index in [4.69, 9.17) is 4.74 Å². The quantitative estimate of drug-likeness (QED) is 0.842. The topological polar surface area (TPSA) is 38.3 Å². The van der Waals surface area contributed by atoms with Crippen LogP contribution < -0.4 is 10.1 Å². The zero-order valence-electron chi connectivity index (χ0n) is 14.9. The van der Waals surface area contributed by atoms with Crippen molar-refractivity contribution in [3.05, 3.63) is 65.2 Å². The summed E-state index contributed by atoms with van der Waals surface area (Å²) in [6, 6.07) is 11.1. The Balaban J connectivity index is 1.71. The largest absolute Gasteiger partial charge is 0.497 e. The number of hydrogen-bond donors (Lipinski definition) is 1. The number of rotatable bonds is 6. The van der Waals surface area contributed by atoms with Gasteiger partial charge in [0.05, 0.1) is 12.5 Å². The molecule has 0 aromatic heterocycles. The molecule has 0 unspecified atom stereocenters. The lowest BCUT2D eigenvalue weighted by molar-refractivity contribution is -0.126. The molecular formula is C21H23F2NO2. The molecule has 0 radical (unpaired) electrons. The van der Waals surface area contributed by atoms with Crippen LogP contribution in [0.1, 0.15) is 36.8 Å². The second-order valence-electron chi connectivity index (χ2n) is 6.80. The standard InChI is InChI=1S/C21H23F2NO2/c1-26-19-6-4-5-16(13-19)21(8-2-3-9-21)20(25)24-10-7-15-11-17(22)14-18(23)12-15/h4-6,11-14H,2-3,7-10H2,1H3,(H,24,25). The van der Waals surface area contributed by atoms with E-state index in [0.717, 1.165) is 43.1 Å². The molecule has 3 rings (SSSR count). The summed E-state index contributed by atoms with van der Waals surface area (Å²) in [5.41, 5.74) is 0.940. The summed E-state index contributed by atoms with van der Waals surface area (Å²) in [7, 11) is 1.61. The number of benzene rings is 2. The van der Waals surface area contributed by atoms with Crippen LogP contribution in [0, 0.1) is 11.6 Å². The van der Waals surface area contributed by atoms with Crippen LogP contribution in [0.15, 0.2) is 42.5 Å². The average molecular weight is 359 g/mol. The van der Waals surface area contributed by atoms with Crippen molar-refractivity contribution in [3.63, 3.8) is 0 Å². The molecule has 1 fully saturated rings. The van der Waals surface area contributed by atoms with Gasteiger partial charge >= 0.3 is 0 Å². The van der Waals surface area contributed by atoms with Crippen LogP contribution >= 0.6 is 0 Å². The molecular weight excluding hydrogens is 336 g/mol. The van der Waals surface area contributed by atoms with Gasteiger partial charge in [0.1, 0.15) is 17.4 Å². The maximum Gasteiger partial charge on any atom is 0.230 e. The van der Waals surface area contributed by atoms with Gasteiger partial charge in [0.25, 0.3) is 0 Å². The Morgan fingerprint density at radius 2 is 1.81 bits per heavy atom. The van der Waals surface area contributed by atoms with E-state index in [1.54, 1.807) is 7.11 Å². The monoisotopic (exact) mass is 359 g/mol. The van der Waals surface area contributed by atoms with Crippen molar-refractivity contribution in [2.24, 2.45) is 0 Å². The number of methoxy groups -OCH3 is 1. The molecule has 3 nitrogen and oxygen atoms in total. The second-order valence-corrected chi connectivity index (χ2v) is 6.80. The van der Waals surface area contributed by atoms with E-state index in [1.165, 1.54) is 12.1 Å². The molecule has 1 N–H and O–H groups in total. The first-order chi connectivity index (χ1) is 12.5. The Hall–Kier alpha value is -2.43. The Morgan fingerprint density at radius 1 is 1.12 bits per heavy atom. The van der Waals surface area contributed by atoms with Crippen LogP contribution in [-0.2, 0) is 16.6 Å². The molecule has 0 heterocycles. The van der Waals surface area contributed by atoms with Gasteiger partial charge in [-0.15, -0.1) is 0 Å². The lowest BCUT2D eigenvalue weighted by Gasteiger charge is -2.28. The molecule has 5 heteroatoms. The summed E-state index contributed by atoms with van der Waals surface area (Å²) in [5.74, 6) is -0.498. The molecule has 0 bridgehead atoms. The fraction of sp³-hybridized carbons (Fsp3) is 0.381. The number of nitrogens with one attached hydrogen (secondary N) is 1. The molecule has 0 atom stereocenters. The van der Waals surface area contributed by atoms with Crippen molar-refractivity contribution in [2.75, 3.05) is 13.7 Å². The first kappa shape index (κ1) is 18.4. The molecule has 0 saturated heterocycles. The van der Waals surface area contributed by atoms with Crippen LogP contribution in [0.25, 0.3) is 0 Å². The summed E-state index contributed by atoms with van der Waals surface area (Å²) >= 11 is 0. The van der Waals surface area contributed by atoms with Crippen LogP contribution in [0.3, 0.4) is 0 Å². The van der Waals surface area contributed by atoms with Gasteiger partial charge in [-0.3, -0.25) is 4.79 Å². The number of amides is 1. The van der Waals surface area contributed by atoms with Crippen molar-refractivity contribution in [1.29, 1.82) is 0 Å². The van der Waals surface area contributed by atoms with E-state index in [-0.39, 0.29) is 5.91 Å². The van der Waals surface area contributed by atoms with Gasteiger partial charge < -0.3 is 10.1 Å². The molecule has 26 heavy (non-hydrogen) atoms. The van der Waals surface area contributed by atoms with Crippen molar-refractivity contribution < 1.29 is 18.3 Å². The molecule has 0 aliphatic heterocycles. The summed E-state index contributed by atoms with van der Waals surface area (Å²) < 4.78 is 31.8. The van der Waals surface area contributed by atoms with E-state index >= 15 is 0 Å². The van der Waals surface area contributed by atoms with Gasteiger partial charge in [-0.1, -0.05) is 25.0 Å². The third-order valence-electron chi connectivity index (χ3n) is 5.14. The first-order valence-electron chi connectivity index (χ1n) is 8.91. The molecule has 138 valence electrons. The molecule has 1 aliphatic rings. The fourth-order valence-corrected chi connectivity index (χ4v) is 3.79. The van der Waals surface area contributed by atoms with Gasteiger partial charge in [-0.25, -0.2) is 8.78 Å². The lowest BCUT2D eigenvalue weighted by Crippen LogP contribution is -2.43. The summed E-state index contributed by atoms with van der Waals surface area (Å²) in [5, 5.41) is 2.96. The van der Waals surface area contributed by atoms with Crippen molar-refractivity contribution in [1.82, 2.24) is 5.32 Å². The predicted octanol–water partition coefficient (Wildman–Crippen LogP) is 4.14. The maximum atomic E-state index is 13.3. The Bertz CT molecular complexity index is 765. The highest BCUT2D eigenvalue weighted by Crippen LogP contribution is 2.42. The highest BCUT2D eigenvalue weighted by molar-refractivity contribution is 5.88. The molecule has 1 amide bonds. The van der Waals surface area contributed by atoms with Gasteiger partial charge in [0, 0.05) is 12.6 Å². The normalized spacial score (nSPS) is 15.7. The van der Waals surface area contributed by atoms with E-state index in [9.17, 15) is 13.6 Å². The summed E-state index contributed by atoms with van der Waals surface area (Å²) in [4.78, 5) is 13.0. The summed E-state index contributed by atoms with van der Waals surface area (Å²) in [6.07, 6.45) is 3.97. The molecule has 2 aromatic carbocycles. The van der Waals surface area contributed by atoms with E-state index in [2.05, 4.69) is 5.32 Å². The van der Waals surface area contributed by atoms with Crippen LogP contribution in [0.5, 0.6) is 5.75 Å². The predicted molar refractivity (Wildman–Crippen MR) is 96.2 cm³/mol. The number of ether oxygens (including phenoxy) is 1. The highest BCUT2D eigenvalue weighted by Gasteiger charge is 2.42.